The molecule has 0 radical (unpaired) electrons. The van der Waals surface area contributed by atoms with Gasteiger partial charge in [0, 0.05) is 12.1 Å². The quantitative estimate of drug-likeness (QED) is 0.572. The Morgan fingerprint density at radius 3 is 2.86 bits per heavy atom. The summed E-state index contributed by atoms with van der Waals surface area (Å²) >= 11 is 0. The van der Waals surface area contributed by atoms with Gasteiger partial charge in [-0.25, -0.2) is 0 Å². The molecule has 1 aromatic rings. The maximum absolute atomic E-state index is 11.1. The van der Waals surface area contributed by atoms with E-state index in [9.17, 15) is 4.79 Å². The molecule has 2 nitrogen and oxygen atoms in total. The molecule has 0 aliphatic carbocycles. The van der Waals surface area contributed by atoms with Gasteiger partial charge in [-0.05, 0) is 31.5 Å². The molecule has 1 N–H and O–H groups in total. The lowest BCUT2D eigenvalue weighted by molar-refractivity contribution is 0.101. The fraction of sp³-hybridized carbons (Fsp3) is 0.417. The first-order chi connectivity index (χ1) is 6.74. The third kappa shape index (κ3) is 3.30. The van der Waals surface area contributed by atoms with E-state index in [1.165, 1.54) is 5.56 Å². The third-order valence-corrected chi connectivity index (χ3v) is 2.09. The van der Waals surface area contributed by atoms with Crippen LogP contribution in [0.4, 0.5) is 0 Å². The average Bonchev–Trinajstić information content (AvgIpc) is 2.19. The van der Waals surface area contributed by atoms with E-state index in [2.05, 4.69) is 12.2 Å². The molecule has 0 saturated carbocycles. The molecule has 1 rings (SSSR count). The second kappa shape index (κ2) is 5.55. The van der Waals surface area contributed by atoms with Crippen molar-refractivity contribution in [3.05, 3.63) is 35.4 Å². The molecule has 0 saturated heterocycles. The van der Waals surface area contributed by atoms with Crippen LogP contribution in [0.25, 0.3) is 0 Å². The van der Waals surface area contributed by atoms with Crippen LogP contribution in [0.15, 0.2) is 24.3 Å². The van der Waals surface area contributed by atoms with Crippen LogP contribution in [-0.2, 0) is 6.54 Å². The monoisotopic (exact) mass is 191 g/mol. The lowest BCUT2D eigenvalue weighted by atomic mass is 10.1. The van der Waals surface area contributed by atoms with Crippen molar-refractivity contribution in [3.63, 3.8) is 0 Å². The number of hydrogen-bond acceptors (Lipinski definition) is 2. The second-order valence-corrected chi connectivity index (χ2v) is 3.43. The van der Waals surface area contributed by atoms with Gasteiger partial charge in [0.2, 0.25) is 0 Å². The van der Waals surface area contributed by atoms with Crippen LogP contribution in [-0.4, -0.2) is 12.3 Å². The summed E-state index contributed by atoms with van der Waals surface area (Å²) in [4.78, 5) is 11.1. The highest BCUT2D eigenvalue weighted by molar-refractivity contribution is 5.94. The highest BCUT2D eigenvalue weighted by Gasteiger charge is 1.99. The van der Waals surface area contributed by atoms with E-state index in [0.29, 0.717) is 0 Å². The third-order valence-electron chi connectivity index (χ3n) is 2.09. The molecule has 0 amide bonds. The highest BCUT2D eigenvalue weighted by Crippen LogP contribution is 2.05. The van der Waals surface area contributed by atoms with Gasteiger partial charge < -0.3 is 5.32 Å². The summed E-state index contributed by atoms with van der Waals surface area (Å²) in [6.07, 6.45) is 1.13. The standard InChI is InChI=1S/C12H17NO/c1-3-7-13-9-11-5-4-6-12(8-11)10(2)14/h4-6,8,13H,3,7,9H2,1-2H3. The zero-order valence-corrected chi connectivity index (χ0v) is 8.84. The molecule has 76 valence electrons. The molecule has 0 atom stereocenters. The molecule has 0 bridgehead atoms. The van der Waals surface area contributed by atoms with Gasteiger partial charge in [0.1, 0.15) is 0 Å². The van der Waals surface area contributed by atoms with Crippen molar-refractivity contribution in [2.45, 2.75) is 26.8 Å². The molecule has 0 fully saturated rings. The van der Waals surface area contributed by atoms with Crippen LogP contribution in [0, 0.1) is 0 Å². The van der Waals surface area contributed by atoms with Gasteiger partial charge in [0.05, 0.1) is 0 Å². The maximum atomic E-state index is 11.1. The van der Waals surface area contributed by atoms with Crippen molar-refractivity contribution in [2.24, 2.45) is 0 Å². The molecular formula is C12H17NO. The molecule has 2 heteroatoms. The molecule has 14 heavy (non-hydrogen) atoms. The van der Waals surface area contributed by atoms with E-state index in [4.69, 9.17) is 0 Å². The lowest BCUT2D eigenvalue weighted by Gasteiger charge is -2.04. The summed E-state index contributed by atoms with van der Waals surface area (Å²) in [5.41, 5.74) is 1.96. The molecule has 0 spiro atoms. The SMILES string of the molecule is CCCNCc1cccc(C(C)=O)c1. The van der Waals surface area contributed by atoms with Crippen LogP contribution < -0.4 is 5.32 Å². The number of carbonyl (C=O) groups is 1. The van der Waals surface area contributed by atoms with E-state index in [1.807, 2.05) is 24.3 Å². The number of ketones is 1. The van der Waals surface area contributed by atoms with Gasteiger partial charge in [0.15, 0.2) is 5.78 Å². The van der Waals surface area contributed by atoms with Gasteiger partial charge in [-0.1, -0.05) is 25.1 Å². The number of rotatable bonds is 5. The van der Waals surface area contributed by atoms with Gasteiger partial charge in [-0.2, -0.15) is 0 Å². The summed E-state index contributed by atoms with van der Waals surface area (Å²) in [7, 11) is 0. The Bertz CT molecular complexity index is 307. The fourth-order valence-corrected chi connectivity index (χ4v) is 1.31. The van der Waals surface area contributed by atoms with Crippen molar-refractivity contribution in [3.8, 4) is 0 Å². The molecule has 0 aliphatic rings. The van der Waals surface area contributed by atoms with Gasteiger partial charge >= 0.3 is 0 Å². The minimum Gasteiger partial charge on any atom is -0.313 e. The van der Waals surface area contributed by atoms with Crippen LogP contribution in [0.3, 0.4) is 0 Å². The number of benzene rings is 1. The highest BCUT2D eigenvalue weighted by atomic mass is 16.1. The van der Waals surface area contributed by atoms with E-state index in [1.54, 1.807) is 6.92 Å². The molecule has 0 heterocycles. The van der Waals surface area contributed by atoms with Crippen molar-refractivity contribution < 1.29 is 4.79 Å². The molecular weight excluding hydrogens is 174 g/mol. The van der Waals surface area contributed by atoms with Crippen molar-refractivity contribution in [1.29, 1.82) is 0 Å². The van der Waals surface area contributed by atoms with Gasteiger partial charge in [-0.15, -0.1) is 0 Å². The van der Waals surface area contributed by atoms with E-state index >= 15 is 0 Å². The Labute approximate surface area is 85.3 Å². The Morgan fingerprint density at radius 2 is 2.21 bits per heavy atom. The summed E-state index contributed by atoms with van der Waals surface area (Å²) in [6, 6.07) is 7.77. The molecule has 0 aliphatic heterocycles. The number of Topliss-reactive ketones (excluding diaryl/α,β-unsaturated/α-hetero) is 1. The first-order valence-corrected chi connectivity index (χ1v) is 5.04. The zero-order valence-electron chi connectivity index (χ0n) is 8.84. The predicted molar refractivity (Wildman–Crippen MR) is 58.4 cm³/mol. The predicted octanol–water partition coefficient (Wildman–Crippen LogP) is 2.39. The second-order valence-electron chi connectivity index (χ2n) is 3.43. The lowest BCUT2D eigenvalue weighted by Crippen LogP contribution is -2.13. The Hall–Kier alpha value is -1.15. The van der Waals surface area contributed by atoms with Gasteiger partial charge in [0.25, 0.3) is 0 Å². The molecule has 0 unspecified atom stereocenters. The van der Waals surface area contributed by atoms with Crippen LogP contribution in [0.2, 0.25) is 0 Å². The summed E-state index contributed by atoms with van der Waals surface area (Å²) in [5.74, 6) is 0.127. The van der Waals surface area contributed by atoms with E-state index < -0.39 is 0 Å². The number of carbonyl (C=O) groups excluding carboxylic acids is 1. The smallest absolute Gasteiger partial charge is 0.159 e. The minimum absolute atomic E-state index is 0.127. The Kier molecular flexibility index (Phi) is 4.33. The van der Waals surface area contributed by atoms with E-state index in [0.717, 1.165) is 25.1 Å². The van der Waals surface area contributed by atoms with Crippen molar-refractivity contribution in [1.82, 2.24) is 5.32 Å². The maximum Gasteiger partial charge on any atom is 0.159 e. The van der Waals surface area contributed by atoms with Crippen LogP contribution in [0.1, 0.15) is 36.2 Å². The summed E-state index contributed by atoms with van der Waals surface area (Å²) < 4.78 is 0. The van der Waals surface area contributed by atoms with Crippen LogP contribution in [0.5, 0.6) is 0 Å². The minimum atomic E-state index is 0.127. The van der Waals surface area contributed by atoms with Crippen molar-refractivity contribution >= 4 is 5.78 Å². The molecule has 0 aromatic heterocycles. The first-order valence-electron chi connectivity index (χ1n) is 5.04. The zero-order chi connectivity index (χ0) is 10.4. The fourth-order valence-electron chi connectivity index (χ4n) is 1.31. The largest absolute Gasteiger partial charge is 0.313 e. The topological polar surface area (TPSA) is 29.1 Å². The average molecular weight is 191 g/mol. The normalized spacial score (nSPS) is 10.1. The summed E-state index contributed by atoms with van der Waals surface area (Å²) in [6.45, 7) is 5.59. The number of nitrogens with one attached hydrogen (secondary N) is 1. The van der Waals surface area contributed by atoms with Gasteiger partial charge in [-0.3, -0.25) is 4.79 Å². The summed E-state index contributed by atoms with van der Waals surface area (Å²) in [5, 5.41) is 3.31. The first kappa shape index (κ1) is 10.9. The van der Waals surface area contributed by atoms with Crippen molar-refractivity contribution in [2.75, 3.05) is 6.54 Å². The molecule has 1 aromatic carbocycles. The van der Waals surface area contributed by atoms with E-state index in [-0.39, 0.29) is 5.78 Å². The number of hydrogen-bond donors (Lipinski definition) is 1. The Morgan fingerprint density at radius 1 is 1.43 bits per heavy atom. The van der Waals surface area contributed by atoms with Crippen LogP contribution >= 0.6 is 0 Å². The Balaban J connectivity index is 2.59.